The number of para-hydroxylation sites is 1. The molecule has 0 fully saturated rings. The normalized spacial score (nSPS) is 10.0. The first kappa shape index (κ1) is 8.43. The number of fused-ring (bicyclic) bond motifs is 1. The summed E-state index contributed by atoms with van der Waals surface area (Å²) in [6, 6.07) is 10.7. The average Bonchev–Trinajstić information content (AvgIpc) is 2.17. The van der Waals surface area contributed by atoms with Gasteiger partial charge >= 0.3 is 0 Å². The molecule has 0 aliphatic heterocycles. The summed E-state index contributed by atoms with van der Waals surface area (Å²) in [6.45, 7) is 0. The summed E-state index contributed by atoms with van der Waals surface area (Å²) in [5.74, 6) is 0.119. The van der Waals surface area contributed by atoms with Crippen LogP contribution in [0.1, 0.15) is 0 Å². The first-order valence-corrected chi connectivity index (χ1v) is 3.97. The van der Waals surface area contributed by atoms with Gasteiger partial charge in [-0.1, -0.05) is 18.2 Å². The molecule has 0 spiro atoms. The Hall–Kier alpha value is -2.17. The Kier molecular flexibility index (Phi) is 1.98. The minimum Gasteiger partial charge on any atom is -0.233 e. The summed E-state index contributed by atoms with van der Waals surface area (Å²) in [7, 11) is 0. The van der Waals surface area contributed by atoms with E-state index in [4.69, 9.17) is 0 Å². The van der Waals surface area contributed by atoms with Crippen LogP contribution in [-0.4, -0.2) is 10.0 Å². The van der Waals surface area contributed by atoms with E-state index in [0.717, 1.165) is 5.39 Å². The molecule has 0 unspecified atom stereocenters. The Morgan fingerprint density at radius 1 is 1.21 bits per heavy atom. The molecule has 2 aromatic rings. The molecule has 5 nitrogen and oxygen atoms in total. The van der Waals surface area contributed by atoms with Gasteiger partial charge in [-0.2, -0.15) is 0 Å². The third-order valence-electron chi connectivity index (χ3n) is 1.77. The second-order valence-corrected chi connectivity index (χ2v) is 2.70. The van der Waals surface area contributed by atoms with Crippen molar-refractivity contribution < 1.29 is 5.03 Å². The summed E-state index contributed by atoms with van der Waals surface area (Å²) >= 11 is 0. The number of aromatic nitrogens is 1. The fourth-order valence-corrected chi connectivity index (χ4v) is 1.19. The molecular weight excluding hydrogens is 182 g/mol. The third-order valence-corrected chi connectivity index (χ3v) is 1.77. The third kappa shape index (κ3) is 1.61. The molecule has 0 N–H and O–H groups in total. The number of rotatable bonds is 2. The maximum atomic E-state index is 10.1. The van der Waals surface area contributed by atoms with Crippen molar-refractivity contribution in [1.29, 1.82) is 0 Å². The predicted octanol–water partition coefficient (Wildman–Crippen LogP) is 1.66. The van der Waals surface area contributed by atoms with Crippen molar-refractivity contribution in [2.45, 2.75) is 0 Å². The second-order valence-electron chi connectivity index (χ2n) is 2.70. The predicted molar refractivity (Wildman–Crippen MR) is 50.5 cm³/mol. The molecule has 5 heteroatoms. The lowest BCUT2D eigenvalue weighted by Crippen LogP contribution is -2.07. The maximum Gasteiger partial charge on any atom is 0.226 e. The van der Waals surface area contributed by atoms with Gasteiger partial charge in [0.1, 0.15) is 0 Å². The molecule has 0 aliphatic carbocycles. The van der Waals surface area contributed by atoms with Gasteiger partial charge in [0.05, 0.1) is 10.9 Å². The monoisotopic (exact) mass is 188 g/mol. The molecular formula is C9H6N3O2. The van der Waals surface area contributed by atoms with E-state index in [0.29, 0.717) is 5.52 Å². The van der Waals surface area contributed by atoms with Crippen LogP contribution in [0.5, 0.6) is 0 Å². The van der Waals surface area contributed by atoms with Crippen molar-refractivity contribution in [2.75, 3.05) is 0 Å². The minimum absolute atomic E-state index is 0.119. The van der Waals surface area contributed by atoms with Gasteiger partial charge in [-0.05, 0) is 18.2 Å². The Labute approximate surface area is 79.5 Å². The molecule has 14 heavy (non-hydrogen) atoms. The molecule has 0 aliphatic rings. The van der Waals surface area contributed by atoms with E-state index in [9.17, 15) is 10.1 Å². The Balaban J connectivity index is 2.46. The molecule has 0 saturated carbocycles. The number of hydrogen-bond donors (Lipinski definition) is 0. The zero-order valence-electron chi connectivity index (χ0n) is 7.12. The van der Waals surface area contributed by atoms with Crippen LogP contribution in [-0.2, 0) is 0 Å². The van der Waals surface area contributed by atoms with Crippen molar-refractivity contribution in [3.05, 3.63) is 46.5 Å². The molecule has 1 radical (unpaired) electrons. The quantitative estimate of drug-likeness (QED) is 0.531. The van der Waals surface area contributed by atoms with Crippen LogP contribution < -0.4 is 5.43 Å². The number of nitro groups is 1. The Morgan fingerprint density at radius 2 is 2.00 bits per heavy atom. The zero-order chi connectivity index (χ0) is 9.97. The summed E-state index contributed by atoms with van der Waals surface area (Å²) in [4.78, 5) is 14.1. The molecule has 2 rings (SSSR count). The number of pyridine rings is 1. The van der Waals surface area contributed by atoms with Crippen molar-refractivity contribution in [2.24, 2.45) is 0 Å². The van der Waals surface area contributed by atoms with E-state index < -0.39 is 5.03 Å². The van der Waals surface area contributed by atoms with Crippen molar-refractivity contribution in [3.63, 3.8) is 0 Å². The standard InChI is InChI=1S/C9H6N3O2/c13-12(14)11-9-6-5-7-3-1-2-4-8(7)10-9/h1-6H. The topological polar surface area (TPSA) is 70.1 Å². The molecule has 0 amide bonds. The van der Waals surface area contributed by atoms with E-state index >= 15 is 0 Å². The van der Waals surface area contributed by atoms with Crippen LogP contribution in [0.4, 0.5) is 5.82 Å². The number of nitrogens with zero attached hydrogens (tertiary/aromatic N) is 3. The van der Waals surface area contributed by atoms with Crippen LogP contribution in [0.3, 0.4) is 0 Å². The first-order chi connectivity index (χ1) is 6.75. The van der Waals surface area contributed by atoms with Gasteiger partial charge in [0.25, 0.3) is 0 Å². The highest BCUT2D eigenvalue weighted by molar-refractivity contribution is 5.79. The van der Waals surface area contributed by atoms with E-state index in [2.05, 4.69) is 10.4 Å². The van der Waals surface area contributed by atoms with Crippen LogP contribution in [0.2, 0.25) is 0 Å². The number of benzene rings is 1. The molecule has 1 aromatic carbocycles. The molecule has 1 aromatic heterocycles. The van der Waals surface area contributed by atoms with Crippen LogP contribution in [0.15, 0.2) is 36.4 Å². The van der Waals surface area contributed by atoms with Crippen LogP contribution >= 0.6 is 0 Å². The fraction of sp³-hybridized carbons (Fsp3) is 0. The van der Waals surface area contributed by atoms with Crippen LogP contribution in [0.25, 0.3) is 10.9 Å². The molecule has 0 atom stereocenters. The van der Waals surface area contributed by atoms with Crippen LogP contribution in [0, 0.1) is 10.1 Å². The Bertz CT molecular complexity index is 484. The van der Waals surface area contributed by atoms with E-state index in [1.54, 1.807) is 12.1 Å². The largest absolute Gasteiger partial charge is 0.233 e. The summed E-state index contributed by atoms with van der Waals surface area (Å²) in [5, 5.41) is 10.3. The zero-order valence-corrected chi connectivity index (χ0v) is 7.12. The first-order valence-electron chi connectivity index (χ1n) is 3.97. The van der Waals surface area contributed by atoms with Gasteiger partial charge in [-0.3, -0.25) is 0 Å². The van der Waals surface area contributed by atoms with Crippen molar-refractivity contribution in [3.8, 4) is 0 Å². The van der Waals surface area contributed by atoms with Gasteiger partial charge in [0.2, 0.25) is 5.82 Å². The van der Waals surface area contributed by atoms with E-state index in [1.165, 1.54) is 6.07 Å². The minimum atomic E-state index is -0.753. The highest BCUT2D eigenvalue weighted by atomic mass is 16.7. The lowest BCUT2D eigenvalue weighted by molar-refractivity contribution is -0.535. The van der Waals surface area contributed by atoms with Gasteiger partial charge < -0.3 is 0 Å². The van der Waals surface area contributed by atoms with Gasteiger partial charge in [-0.25, -0.2) is 15.1 Å². The van der Waals surface area contributed by atoms with E-state index in [-0.39, 0.29) is 5.82 Å². The number of hydrogen-bond acceptors (Lipinski definition) is 3. The Morgan fingerprint density at radius 3 is 2.79 bits per heavy atom. The molecule has 0 bridgehead atoms. The van der Waals surface area contributed by atoms with Gasteiger partial charge in [0, 0.05) is 5.39 Å². The highest BCUT2D eigenvalue weighted by Crippen LogP contribution is 2.14. The fourth-order valence-electron chi connectivity index (χ4n) is 1.19. The highest BCUT2D eigenvalue weighted by Gasteiger charge is 2.05. The smallest absolute Gasteiger partial charge is 0.226 e. The summed E-state index contributed by atoms with van der Waals surface area (Å²) in [5.41, 5.74) is 3.82. The molecule has 0 saturated heterocycles. The molecule has 1 heterocycles. The maximum absolute atomic E-state index is 10.1. The SMILES string of the molecule is O=[N+]([O-])[N]c1ccc2ccccc2n1. The van der Waals surface area contributed by atoms with Crippen molar-refractivity contribution >= 4 is 16.7 Å². The van der Waals surface area contributed by atoms with Gasteiger partial charge in [0.15, 0.2) is 5.03 Å². The van der Waals surface area contributed by atoms with E-state index in [1.807, 2.05) is 18.2 Å². The van der Waals surface area contributed by atoms with Gasteiger partial charge in [-0.15, -0.1) is 0 Å². The lowest BCUT2D eigenvalue weighted by atomic mass is 10.2. The summed E-state index contributed by atoms with van der Waals surface area (Å²) in [6.07, 6.45) is 0. The molecule has 69 valence electrons. The second kappa shape index (κ2) is 3.29. The summed E-state index contributed by atoms with van der Waals surface area (Å²) < 4.78 is 0. The lowest BCUT2D eigenvalue weighted by Gasteiger charge is -1.96. The van der Waals surface area contributed by atoms with Crippen molar-refractivity contribution in [1.82, 2.24) is 10.4 Å². The average molecular weight is 188 g/mol.